The molecule has 10 nitrogen and oxygen atoms in total. The number of nitrogens with zero attached hydrogens (tertiary/aromatic N) is 6. The van der Waals surface area contributed by atoms with Gasteiger partial charge in [-0.2, -0.15) is 4.98 Å². The molecule has 0 atom stereocenters. The number of fused-ring (bicyclic) bond motifs is 1. The number of benzene rings is 2. The van der Waals surface area contributed by atoms with E-state index in [1.807, 2.05) is 54.6 Å². The second kappa shape index (κ2) is 14.7. The van der Waals surface area contributed by atoms with Gasteiger partial charge < -0.3 is 24.3 Å². The van der Waals surface area contributed by atoms with E-state index in [1.54, 1.807) is 37.4 Å². The Hall–Kier alpha value is -4.70. The third kappa shape index (κ3) is 7.44. The second-order valence-corrected chi connectivity index (χ2v) is 10.6. The maximum Gasteiger partial charge on any atom is 0.264 e. The number of methoxy groups -OCH3 is 2. The molecule has 5 rings (SSSR count). The highest BCUT2D eigenvalue weighted by Gasteiger charge is 2.19. The van der Waals surface area contributed by atoms with Crippen LogP contribution in [0.4, 0.5) is 11.8 Å². The molecule has 0 saturated carbocycles. The van der Waals surface area contributed by atoms with Crippen molar-refractivity contribution in [1.82, 2.24) is 24.5 Å². The predicted octanol–water partition coefficient (Wildman–Crippen LogP) is 5.80. The van der Waals surface area contributed by atoms with Crippen LogP contribution in [0.2, 0.25) is 0 Å². The summed E-state index contributed by atoms with van der Waals surface area (Å²) in [5.74, 6) is 2.89. The molecule has 0 amide bonds. The number of halogens is 1. The van der Waals surface area contributed by atoms with E-state index < -0.39 is 0 Å². The largest absolute Gasteiger partial charge is 0.497 e. The van der Waals surface area contributed by atoms with Crippen LogP contribution in [-0.2, 0) is 25.5 Å². The number of nitrogens with one attached hydrogen (secondary N) is 1. The smallest absolute Gasteiger partial charge is 0.264 e. The molecule has 0 aliphatic carbocycles. The number of aromatic nitrogens is 5. The highest BCUT2D eigenvalue weighted by molar-refractivity contribution is 6.16. The van der Waals surface area contributed by atoms with E-state index in [9.17, 15) is 4.79 Å². The Morgan fingerprint density at radius 1 is 0.864 bits per heavy atom. The lowest BCUT2D eigenvalue weighted by atomic mass is 10.1. The summed E-state index contributed by atoms with van der Waals surface area (Å²) in [6.07, 6.45) is 6.95. The molecule has 0 spiro atoms. The molecule has 0 bridgehead atoms. The summed E-state index contributed by atoms with van der Waals surface area (Å²) in [4.78, 5) is 34.5. The molecule has 0 saturated heterocycles. The molecule has 1 N–H and O–H groups in total. The van der Waals surface area contributed by atoms with E-state index in [4.69, 9.17) is 31.0 Å². The van der Waals surface area contributed by atoms with Crippen molar-refractivity contribution in [2.45, 2.75) is 45.3 Å². The normalized spacial score (nSPS) is 11.0. The van der Waals surface area contributed by atoms with Crippen LogP contribution in [0.15, 0.2) is 78.0 Å². The van der Waals surface area contributed by atoms with Crippen molar-refractivity contribution in [2.24, 2.45) is 0 Å². The molecule has 0 aliphatic heterocycles. The fourth-order valence-electron chi connectivity index (χ4n) is 4.75. The molecule has 228 valence electrons. The molecule has 44 heavy (non-hydrogen) atoms. The number of anilines is 2. The van der Waals surface area contributed by atoms with Gasteiger partial charge in [0.05, 0.1) is 49.7 Å². The number of unbranched alkanes of at least 4 members (excludes halogenated alkanes) is 1. The van der Waals surface area contributed by atoms with Crippen molar-refractivity contribution in [1.29, 1.82) is 0 Å². The van der Waals surface area contributed by atoms with Crippen molar-refractivity contribution in [3.8, 4) is 11.5 Å². The van der Waals surface area contributed by atoms with Gasteiger partial charge in [0, 0.05) is 32.0 Å². The van der Waals surface area contributed by atoms with Gasteiger partial charge in [0.2, 0.25) is 5.95 Å². The average molecular weight is 614 g/mol. The number of pyridine rings is 1. The first-order valence-electron chi connectivity index (χ1n) is 14.5. The molecular weight excluding hydrogens is 578 g/mol. The molecule has 0 aliphatic rings. The molecule has 11 heteroatoms. The SMILES string of the molecule is CCCCNc1nc(N(Cc2ccc(OC)cc2)Cc2ccc(OC)cc2)nc2ccn(Cc3cnc(CCl)cn3)c(=O)c12. The first-order valence-corrected chi connectivity index (χ1v) is 15.1. The van der Waals surface area contributed by atoms with Crippen molar-refractivity contribution < 1.29 is 9.47 Å². The zero-order valence-corrected chi connectivity index (χ0v) is 25.9. The fourth-order valence-corrected chi connectivity index (χ4v) is 4.89. The Kier molecular flexibility index (Phi) is 10.2. The first kappa shape index (κ1) is 30.7. The minimum Gasteiger partial charge on any atom is -0.497 e. The Bertz CT molecular complexity index is 1680. The maximum atomic E-state index is 13.8. The van der Waals surface area contributed by atoms with Crippen molar-refractivity contribution in [2.75, 3.05) is 31.0 Å². The molecule has 5 aromatic rings. The topological polar surface area (TPSA) is 107 Å². The summed E-state index contributed by atoms with van der Waals surface area (Å²) in [5.41, 5.74) is 3.84. The van der Waals surface area contributed by atoms with Crippen LogP contribution in [0, 0.1) is 0 Å². The maximum absolute atomic E-state index is 13.8. The number of hydrogen-bond acceptors (Lipinski definition) is 9. The number of hydrogen-bond donors (Lipinski definition) is 1. The Morgan fingerprint density at radius 3 is 2.02 bits per heavy atom. The fraction of sp³-hybridized carbons (Fsp3) is 0.303. The lowest BCUT2D eigenvalue weighted by molar-refractivity contribution is 0.414. The molecule has 2 aromatic carbocycles. The summed E-state index contributed by atoms with van der Waals surface area (Å²) < 4.78 is 12.3. The van der Waals surface area contributed by atoms with Crippen LogP contribution in [0.25, 0.3) is 10.9 Å². The standard InChI is InChI=1S/C33H36ClN7O3/c1-4-5-15-35-31-30-29(14-16-40(32(30)42)22-26-19-36-25(17-34)18-37-26)38-33(39-31)41(20-23-6-10-27(43-2)11-7-23)21-24-8-12-28(44-3)13-9-24/h6-14,16,18-19H,4-5,15,17,20-22H2,1-3H3,(H,35,38,39). The number of rotatable bonds is 14. The summed E-state index contributed by atoms with van der Waals surface area (Å²) in [6, 6.07) is 17.7. The Morgan fingerprint density at radius 2 is 1.48 bits per heavy atom. The summed E-state index contributed by atoms with van der Waals surface area (Å²) >= 11 is 5.86. The lowest BCUT2D eigenvalue weighted by Crippen LogP contribution is -2.27. The number of ether oxygens (including phenoxy) is 2. The van der Waals surface area contributed by atoms with E-state index in [0.717, 1.165) is 35.5 Å². The van der Waals surface area contributed by atoms with Gasteiger partial charge >= 0.3 is 0 Å². The Balaban J connectivity index is 1.55. The van der Waals surface area contributed by atoms with Gasteiger partial charge in [-0.05, 0) is 47.9 Å². The first-order chi connectivity index (χ1) is 21.5. The summed E-state index contributed by atoms with van der Waals surface area (Å²) in [7, 11) is 3.30. The quantitative estimate of drug-likeness (QED) is 0.123. The van der Waals surface area contributed by atoms with Crippen LogP contribution in [-0.4, -0.2) is 45.3 Å². The third-order valence-corrected chi connectivity index (χ3v) is 7.48. The van der Waals surface area contributed by atoms with Crippen LogP contribution in [0.5, 0.6) is 11.5 Å². The summed E-state index contributed by atoms with van der Waals surface area (Å²) in [5, 5.41) is 3.86. The van der Waals surface area contributed by atoms with E-state index in [-0.39, 0.29) is 18.0 Å². The highest BCUT2D eigenvalue weighted by Crippen LogP contribution is 2.25. The van der Waals surface area contributed by atoms with E-state index in [0.29, 0.717) is 53.7 Å². The van der Waals surface area contributed by atoms with Gasteiger partial charge in [-0.1, -0.05) is 37.6 Å². The zero-order chi connectivity index (χ0) is 30.9. The minimum absolute atomic E-state index is 0.201. The van der Waals surface area contributed by atoms with Gasteiger partial charge in [0.1, 0.15) is 22.7 Å². The molecule has 0 fully saturated rings. The van der Waals surface area contributed by atoms with Gasteiger partial charge in [0.15, 0.2) is 0 Å². The third-order valence-electron chi connectivity index (χ3n) is 7.21. The second-order valence-electron chi connectivity index (χ2n) is 10.3. The van der Waals surface area contributed by atoms with Crippen LogP contribution < -0.4 is 25.2 Å². The molecule has 0 unspecified atom stereocenters. The van der Waals surface area contributed by atoms with E-state index in [2.05, 4.69) is 27.1 Å². The molecule has 0 radical (unpaired) electrons. The van der Waals surface area contributed by atoms with Crippen molar-refractivity contribution >= 4 is 34.3 Å². The van der Waals surface area contributed by atoms with E-state index >= 15 is 0 Å². The zero-order valence-electron chi connectivity index (χ0n) is 25.2. The lowest BCUT2D eigenvalue weighted by Gasteiger charge is -2.24. The van der Waals surface area contributed by atoms with Gasteiger partial charge in [-0.15, -0.1) is 11.6 Å². The molecular formula is C33H36ClN7O3. The van der Waals surface area contributed by atoms with Crippen LogP contribution >= 0.6 is 11.6 Å². The molecule has 3 aromatic heterocycles. The minimum atomic E-state index is -0.201. The van der Waals surface area contributed by atoms with Gasteiger partial charge in [-0.25, -0.2) is 4.98 Å². The van der Waals surface area contributed by atoms with Crippen molar-refractivity contribution in [3.63, 3.8) is 0 Å². The van der Waals surface area contributed by atoms with Gasteiger partial charge in [0.25, 0.3) is 5.56 Å². The van der Waals surface area contributed by atoms with E-state index in [1.165, 1.54) is 0 Å². The molecule has 3 heterocycles. The number of alkyl halides is 1. The average Bonchev–Trinajstić information content (AvgIpc) is 3.06. The summed E-state index contributed by atoms with van der Waals surface area (Å²) in [6.45, 7) is 4.16. The Labute approximate surface area is 261 Å². The van der Waals surface area contributed by atoms with Crippen LogP contribution in [0.3, 0.4) is 0 Å². The van der Waals surface area contributed by atoms with Gasteiger partial charge in [-0.3, -0.25) is 14.8 Å². The predicted molar refractivity (Wildman–Crippen MR) is 174 cm³/mol. The highest BCUT2D eigenvalue weighted by atomic mass is 35.5. The van der Waals surface area contributed by atoms with Crippen molar-refractivity contribution in [3.05, 3.63) is 106 Å². The monoisotopic (exact) mass is 613 g/mol. The van der Waals surface area contributed by atoms with Crippen LogP contribution in [0.1, 0.15) is 42.3 Å².